The quantitative estimate of drug-likeness (QED) is 0.523. The average Bonchev–Trinajstić information content (AvgIpc) is 1.88. The molecule has 0 aromatic heterocycles. The van der Waals surface area contributed by atoms with E-state index in [0.717, 1.165) is 5.92 Å². The van der Waals surface area contributed by atoms with Crippen LogP contribution in [0.1, 0.15) is 47.5 Å². The molecule has 10 heavy (non-hydrogen) atoms. The summed E-state index contributed by atoms with van der Waals surface area (Å²) in [5, 5.41) is 0. The smallest absolute Gasteiger partial charge is 0.0258 e. The molecule has 0 aliphatic heterocycles. The Morgan fingerprint density at radius 3 is 1.70 bits per heavy atom. The van der Waals surface area contributed by atoms with Crippen LogP contribution >= 0.6 is 0 Å². The summed E-state index contributed by atoms with van der Waals surface area (Å²) in [5.74, 6) is 0.741. The van der Waals surface area contributed by atoms with E-state index in [-0.39, 0.29) is 0 Å². The highest BCUT2D eigenvalue weighted by Gasteiger charge is 2.02. The van der Waals surface area contributed by atoms with Crippen LogP contribution in [0.4, 0.5) is 0 Å². The molecule has 0 unspecified atom stereocenters. The van der Waals surface area contributed by atoms with Crippen molar-refractivity contribution < 1.29 is 0 Å². The fraction of sp³-hybridized carbons (Fsp3) is 0.800. The van der Waals surface area contributed by atoms with Gasteiger partial charge in [0.25, 0.3) is 0 Å². The zero-order valence-electron chi connectivity index (χ0n) is 7.99. The van der Waals surface area contributed by atoms with Gasteiger partial charge in [0.15, 0.2) is 0 Å². The zero-order chi connectivity index (χ0) is 8.15. The van der Waals surface area contributed by atoms with Crippen molar-refractivity contribution in [2.45, 2.75) is 47.5 Å². The van der Waals surface area contributed by atoms with E-state index in [4.69, 9.17) is 0 Å². The Balaban J connectivity index is 4.29. The molecular weight excluding hydrogens is 120 g/mol. The van der Waals surface area contributed by atoms with E-state index in [0.29, 0.717) is 0 Å². The molecule has 0 aromatic rings. The van der Waals surface area contributed by atoms with Crippen molar-refractivity contribution in [3.63, 3.8) is 0 Å². The molecule has 0 heteroatoms. The minimum atomic E-state index is 0.741. The SMILES string of the molecule is CC/C(C)=C(\CC)C(C)C. The first-order valence-electron chi connectivity index (χ1n) is 4.31. The molecule has 0 radical (unpaired) electrons. The lowest BCUT2D eigenvalue weighted by molar-refractivity contribution is 0.711. The first-order valence-corrected chi connectivity index (χ1v) is 4.31. The molecule has 0 heterocycles. The summed E-state index contributed by atoms with van der Waals surface area (Å²) in [5.41, 5.74) is 3.22. The second-order valence-corrected chi connectivity index (χ2v) is 3.17. The summed E-state index contributed by atoms with van der Waals surface area (Å²) in [7, 11) is 0. The highest BCUT2D eigenvalue weighted by atomic mass is 14.1. The summed E-state index contributed by atoms with van der Waals surface area (Å²) in [4.78, 5) is 0. The van der Waals surface area contributed by atoms with Gasteiger partial charge in [-0.2, -0.15) is 0 Å². The van der Waals surface area contributed by atoms with Gasteiger partial charge < -0.3 is 0 Å². The van der Waals surface area contributed by atoms with E-state index >= 15 is 0 Å². The molecule has 0 N–H and O–H groups in total. The predicted octanol–water partition coefficient (Wildman–Crippen LogP) is 3.78. The number of hydrogen-bond donors (Lipinski definition) is 0. The molecular formula is C10H20. The van der Waals surface area contributed by atoms with Gasteiger partial charge in [0.05, 0.1) is 0 Å². The standard InChI is InChI=1S/C10H20/c1-6-9(5)10(7-2)8(3)4/h8H,6-7H2,1-5H3/b10-9+. The Hall–Kier alpha value is -0.260. The second kappa shape index (κ2) is 4.54. The monoisotopic (exact) mass is 140 g/mol. The summed E-state index contributed by atoms with van der Waals surface area (Å²) in [6.07, 6.45) is 2.43. The van der Waals surface area contributed by atoms with Crippen molar-refractivity contribution in [2.24, 2.45) is 5.92 Å². The molecule has 0 bridgehead atoms. The lowest BCUT2D eigenvalue weighted by Crippen LogP contribution is -1.95. The van der Waals surface area contributed by atoms with Gasteiger partial charge in [-0.25, -0.2) is 0 Å². The average molecular weight is 140 g/mol. The van der Waals surface area contributed by atoms with E-state index in [1.165, 1.54) is 12.8 Å². The Kier molecular flexibility index (Phi) is 4.42. The molecule has 0 saturated heterocycles. The van der Waals surface area contributed by atoms with Crippen molar-refractivity contribution in [1.29, 1.82) is 0 Å². The normalized spacial score (nSPS) is 13.8. The maximum absolute atomic E-state index is 2.28. The molecule has 0 aliphatic rings. The Labute approximate surface area is 65.3 Å². The summed E-state index contributed by atoms with van der Waals surface area (Å²) >= 11 is 0. The molecule has 0 amide bonds. The Morgan fingerprint density at radius 2 is 1.60 bits per heavy atom. The molecule has 0 rings (SSSR count). The number of allylic oxidation sites excluding steroid dienone is 2. The third-order valence-electron chi connectivity index (χ3n) is 2.16. The highest BCUT2D eigenvalue weighted by Crippen LogP contribution is 2.19. The fourth-order valence-corrected chi connectivity index (χ4v) is 1.43. The summed E-state index contributed by atoms with van der Waals surface area (Å²) in [6, 6.07) is 0. The van der Waals surface area contributed by atoms with E-state index in [1.54, 1.807) is 11.1 Å². The first-order chi connectivity index (χ1) is 4.63. The first kappa shape index (κ1) is 9.74. The molecule has 60 valence electrons. The van der Waals surface area contributed by atoms with Gasteiger partial charge in [0.1, 0.15) is 0 Å². The van der Waals surface area contributed by atoms with Gasteiger partial charge in [-0.15, -0.1) is 0 Å². The van der Waals surface area contributed by atoms with Crippen LogP contribution in [-0.2, 0) is 0 Å². The topological polar surface area (TPSA) is 0 Å². The van der Waals surface area contributed by atoms with Gasteiger partial charge in [0, 0.05) is 0 Å². The predicted molar refractivity (Wildman–Crippen MR) is 48.1 cm³/mol. The van der Waals surface area contributed by atoms with Crippen LogP contribution in [0.15, 0.2) is 11.1 Å². The van der Waals surface area contributed by atoms with Crippen LogP contribution in [0.5, 0.6) is 0 Å². The van der Waals surface area contributed by atoms with E-state index in [2.05, 4.69) is 34.6 Å². The lowest BCUT2D eigenvalue weighted by Gasteiger charge is -2.12. The molecule has 0 fully saturated rings. The second-order valence-electron chi connectivity index (χ2n) is 3.17. The van der Waals surface area contributed by atoms with E-state index in [1.807, 2.05) is 0 Å². The Morgan fingerprint density at radius 1 is 1.10 bits per heavy atom. The number of rotatable bonds is 3. The largest absolute Gasteiger partial charge is 0.0741 e. The lowest BCUT2D eigenvalue weighted by atomic mass is 9.95. The molecule has 0 spiro atoms. The minimum absolute atomic E-state index is 0.741. The van der Waals surface area contributed by atoms with Gasteiger partial charge in [-0.1, -0.05) is 38.8 Å². The minimum Gasteiger partial charge on any atom is -0.0741 e. The van der Waals surface area contributed by atoms with Crippen molar-refractivity contribution in [3.05, 3.63) is 11.1 Å². The van der Waals surface area contributed by atoms with Crippen molar-refractivity contribution >= 4 is 0 Å². The molecule has 0 aromatic carbocycles. The Bertz CT molecular complexity index is 118. The van der Waals surface area contributed by atoms with E-state index in [9.17, 15) is 0 Å². The van der Waals surface area contributed by atoms with Crippen LogP contribution in [-0.4, -0.2) is 0 Å². The summed E-state index contributed by atoms with van der Waals surface area (Å²) < 4.78 is 0. The maximum atomic E-state index is 2.28. The fourth-order valence-electron chi connectivity index (χ4n) is 1.43. The molecule has 0 nitrogen and oxygen atoms in total. The maximum Gasteiger partial charge on any atom is -0.0258 e. The van der Waals surface area contributed by atoms with Crippen molar-refractivity contribution in [3.8, 4) is 0 Å². The van der Waals surface area contributed by atoms with Crippen LogP contribution < -0.4 is 0 Å². The van der Waals surface area contributed by atoms with Crippen molar-refractivity contribution in [2.75, 3.05) is 0 Å². The third kappa shape index (κ3) is 2.55. The van der Waals surface area contributed by atoms with Crippen LogP contribution in [0.2, 0.25) is 0 Å². The van der Waals surface area contributed by atoms with E-state index < -0.39 is 0 Å². The zero-order valence-corrected chi connectivity index (χ0v) is 7.99. The van der Waals surface area contributed by atoms with Crippen LogP contribution in [0, 0.1) is 5.92 Å². The molecule has 0 atom stereocenters. The molecule has 0 saturated carbocycles. The van der Waals surface area contributed by atoms with Gasteiger partial charge in [-0.3, -0.25) is 0 Å². The van der Waals surface area contributed by atoms with Gasteiger partial charge in [-0.05, 0) is 25.7 Å². The van der Waals surface area contributed by atoms with Crippen LogP contribution in [0.3, 0.4) is 0 Å². The van der Waals surface area contributed by atoms with Crippen molar-refractivity contribution in [1.82, 2.24) is 0 Å². The number of hydrogen-bond acceptors (Lipinski definition) is 0. The highest BCUT2D eigenvalue weighted by molar-refractivity contribution is 5.13. The van der Waals surface area contributed by atoms with Crippen LogP contribution in [0.25, 0.3) is 0 Å². The van der Waals surface area contributed by atoms with Gasteiger partial charge >= 0.3 is 0 Å². The molecule has 0 aliphatic carbocycles. The van der Waals surface area contributed by atoms with Gasteiger partial charge in [0.2, 0.25) is 0 Å². The third-order valence-corrected chi connectivity index (χ3v) is 2.16. The summed E-state index contributed by atoms with van der Waals surface area (Å²) in [6.45, 7) is 11.3.